The van der Waals surface area contributed by atoms with Crippen molar-refractivity contribution in [3.05, 3.63) is 22.5 Å². The lowest BCUT2D eigenvalue weighted by Crippen LogP contribution is -2.18. The van der Waals surface area contributed by atoms with E-state index in [1.165, 1.54) is 30.0 Å². The number of carbonyl (C=O) groups excluding carboxylic acids is 2. The number of rotatable bonds is 8. The van der Waals surface area contributed by atoms with Crippen LogP contribution in [0.4, 0.5) is 5.13 Å². The largest absolute Gasteiger partial charge is 0.376 e. The summed E-state index contributed by atoms with van der Waals surface area (Å²) in [5, 5.41) is 12.0. The van der Waals surface area contributed by atoms with Crippen LogP contribution in [0.2, 0.25) is 0 Å². The van der Waals surface area contributed by atoms with Crippen molar-refractivity contribution in [2.24, 2.45) is 0 Å². The second kappa shape index (κ2) is 8.53. The standard InChI is InChI=1S/C18H24N4O3S2/c1-9-14(11(3)23)10(2)20-15(9)16(24)12(4)26-18-22-21-17(27-18)19-8-13-6-5-7-25-13/h12-13,20H,5-8H2,1-4H3,(H,19,21)/t12-,13-/m1/s1. The maximum Gasteiger partial charge on any atom is 0.206 e. The van der Waals surface area contributed by atoms with Gasteiger partial charge in [-0.3, -0.25) is 9.59 Å². The van der Waals surface area contributed by atoms with Gasteiger partial charge in [-0.1, -0.05) is 23.1 Å². The maximum absolute atomic E-state index is 12.8. The van der Waals surface area contributed by atoms with Gasteiger partial charge < -0.3 is 15.0 Å². The van der Waals surface area contributed by atoms with Crippen LogP contribution in [-0.2, 0) is 4.74 Å². The zero-order valence-corrected chi connectivity index (χ0v) is 17.6. The van der Waals surface area contributed by atoms with E-state index >= 15 is 0 Å². The topological polar surface area (TPSA) is 97.0 Å². The Labute approximate surface area is 166 Å². The summed E-state index contributed by atoms with van der Waals surface area (Å²) in [6.45, 7) is 8.53. The van der Waals surface area contributed by atoms with Crippen molar-refractivity contribution in [2.75, 3.05) is 18.5 Å². The molecule has 3 rings (SSSR count). The van der Waals surface area contributed by atoms with Crippen LogP contribution in [0.3, 0.4) is 0 Å². The molecule has 2 aromatic rings. The summed E-state index contributed by atoms with van der Waals surface area (Å²) in [6, 6.07) is 0. The van der Waals surface area contributed by atoms with E-state index in [4.69, 9.17) is 4.74 Å². The molecule has 1 saturated heterocycles. The van der Waals surface area contributed by atoms with Gasteiger partial charge in [0, 0.05) is 24.4 Å². The van der Waals surface area contributed by atoms with E-state index in [0.29, 0.717) is 16.8 Å². The number of hydrogen-bond acceptors (Lipinski definition) is 8. The Kier molecular flexibility index (Phi) is 6.33. The normalized spacial score (nSPS) is 17.9. The number of aromatic amines is 1. The second-order valence-corrected chi connectivity index (χ2v) is 9.26. The molecule has 0 spiro atoms. The number of ketones is 2. The van der Waals surface area contributed by atoms with Crippen LogP contribution in [0.5, 0.6) is 0 Å². The first-order chi connectivity index (χ1) is 12.9. The first kappa shape index (κ1) is 20.0. The summed E-state index contributed by atoms with van der Waals surface area (Å²) in [5.74, 6) is -0.0798. The number of aromatic nitrogens is 3. The Bertz CT molecular complexity index is 840. The van der Waals surface area contributed by atoms with E-state index in [1.807, 2.05) is 20.8 Å². The number of nitrogens with one attached hydrogen (secondary N) is 2. The minimum Gasteiger partial charge on any atom is -0.376 e. The number of hydrogen-bond donors (Lipinski definition) is 2. The Balaban J connectivity index is 1.61. The number of nitrogens with zero attached hydrogens (tertiary/aromatic N) is 2. The summed E-state index contributed by atoms with van der Waals surface area (Å²) in [6.07, 6.45) is 2.41. The molecule has 2 aromatic heterocycles. The van der Waals surface area contributed by atoms with Crippen molar-refractivity contribution in [2.45, 2.75) is 56.2 Å². The summed E-state index contributed by atoms with van der Waals surface area (Å²) < 4.78 is 6.32. The molecular formula is C18H24N4O3S2. The molecule has 0 saturated carbocycles. The van der Waals surface area contributed by atoms with E-state index < -0.39 is 0 Å². The van der Waals surface area contributed by atoms with Gasteiger partial charge in [0.05, 0.1) is 17.0 Å². The predicted octanol–water partition coefficient (Wildman–Crippen LogP) is 3.64. The van der Waals surface area contributed by atoms with Crippen molar-refractivity contribution in [3.8, 4) is 0 Å². The van der Waals surface area contributed by atoms with Crippen molar-refractivity contribution >= 4 is 39.8 Å². The lowest BCUT2D eigenvalue weighted by atomic mass is 10.0. The Morgan fingerprint density at radius 3 is 2.81 bits per heavy atom. The molecule has 1 aliphatic heterocycles. The van der Waals surface area contributed by atoms with Crippen LogP contribution in [0.1, 0.15) is 58.8 Å². The van der Waals surface area contributed by atoms with Gasteiger partial charge in [-0.05, 0) is 46.1 Å². The Hall–Kier alpha value is -1.71. The molecule has 9 heteroatoms. The fourth-order valence-electron chi connectivity index (χ4n) is 3.27. The van der Waals surface area contributed by atoms with Crippen molar-refractivity contribution in [1.82, 2.24) is 15.2 Å². The van der Waals surface area contributed by atoms with Crippen LogP contribution >= 0.6 is 23.1 Å². The second-order valence-electron chi connectivity index (χ2n) is 6.69. The van der Waals surface area contributed by atoms with Crippen LogP contribution in [0.15, 0.2) is 4.34 Å². The third-order valence-corrected chi connectivity index (χ3v) is 6.66. The molecule has 0 bridgehead atoms. The van der Waals surface area contributed by atoms with Crippen LogP contribution in [0.25, 0.3) is 0 Å². The van der Waals surface area contributed by atoms with Gasteiger partial charge in [0.25, 0.3) is 0 Å². The molecule has 3 heterocycles. The summed E-state index contributed by atoms with van der Waals surface area (Å²) in [4.78, 5) is 27.7. The summed E-state index contributed by atoms with van der Waals surface area (Å²) in [7, 11) is 0. The molecule has 0 radical (unpaired) electrons. The molecule has 0 unspecified atom stereocenters. The molecular weight excluding hydrogens is 384 g/mol. The van der Waals surface area contributed by atoms with Gasteiger partial charge in [-0.15, -0.1) is 10.2 Å². The molecule has 0 aliphatic carbocycles. The van der Waals surface area contributed by atoms with Crippen LogP contribution < -0.4 is 5.32 Å². The minimum absolute atomic E-state index is 0.0355. The van der Waals surface area contributed by atoms with E-state index in [0.717, 1.165) is 41.2 Å². The number of Topliss-reactive ketones (excluding diaryl/α,β-unsaturated/α-hetero) is 2. The number of anilines is 1. The quantitative estimate of drug-likeness (QED) is 0.508. The third kappa shape index (κ3) is 4.59. The molecule has 27 heavy (non-hydrogen) atoms. The zero-order valence-electron chi connectivity index (χ0n) is 15.9. The van der Waals surface area contributed by atoms with Crippen molar-refractivity contribution in [1.29, 1.82) is 0 Å². The lowest BCUT2D eigenvalue weighted by Gasteiger charge is -2.09. The van der Waals surface area contributed by atoms with Gasteiger partial charge in [0.2, 0.25) is 5.13 Å². The molecule has 7 nitrogen and oxygen atoms in total. The molecule has 0 amide bonds. The number of carbonyl (C=O) groups is 2. The Morgan fingerprint density at radius 1 is 1.41 bits per heavy atom. The number of ether oxygens (including phenoxy) is 1. The fourth-order valence-corrected chi connectivity index (χ4v) is 5.23. The van der Waals surface area contributed by atoms with Gasteiger partial charge in [-0.2, -0.15) is 0 Å². The smallest absolute Gasteiger partial charge is 0.206 e. The highest BCUT2D eigenvalue weighted by molar-refractivity contribution is 8.02. The van der Waals surface area contributed by atoms with Crippen LogP contribution in [0, 0.1) is 13.8 Å². The highest BCUT2D eigenvalue weighted by atomic mass is 32.2. The average Bonchev–Trinajstić information content (AvgIpc) is 3.33. The zero-order chi connectivity index (χ0) is 19.6. The first-order valence-electron chi connectivity index (χ1n) is 8.96. The maximum atomic E-state index is 12.8. The highest BCUT2D eigenvalue weighted by Gasteiger charge is 2.25. The highest BCUT2D eigenvalue weighted by Crippen LogP contribution is 2.31. The average molecular weight is 409 g/mol. The van der Waals surface area contributed by atoms with E-state index in [9.17, 15) is 9.59 Å². The molecule has 146 valence electrons. The number of aryl methyl sites for hydroxylation is 1. The minimum atomic E-state index is -0.333. The van der Waals surface area contributed by atoms with Crippen molar-refractivity contribution < 1.29 is 14.3 Å². The first-order valence-corrected chi connectivity index (χ1v) is 10.7. The number of thioether (sulfide) groups is 1. The van der Waals surface area contributed by atoms with Gasteiger partial charge in [0.1, 0.15) is 0 Å². The van der Waals surface area contributed by atoms with E-state index in [2.05, 4.69) is 20.5 Å². The van der Waals surface area contributed by atoms with Gasteiger partial charge >= 0.3 is 0 Å². The molecule has 1 aliphatic rings. The lowest BCUT2D eigenvalue weighted by molar-refractivity contribution is 0.0988. The van der Waals surface area contributed by atoms with E-state index in [1.54, 1.807) is 0 Å². The van der Waals surface area contributed by atoms with Gasteiger partial charge in [-0.25, -0.2) is 0 Å². The van der Waals surface area contributed by atoms with E-state index in [-0.39, 0.29) is 22.9 Å². The molecule has 0 aromatic carbocycles. The number of H-pyrrole nitrogens is 1. The molecule has 2 atom stereocenters. The molecule has 1 fully saturated rings. The monoisotopic (exact) mass is 408 g/mol. The summed E-state index contributed by atoms with van der Waals surface area (Å²) in [5.41, 5.74) is 2.55. The fraction of sp³-hybridized carbons (Fsp3) is 0.556. The van der Waals surface area contributed by atoms with Crippen LogP contribution in [-0.4, -0.2) is 51.3 Å². The predicted molar refractivity (Wildman–Crippen MR) is 107 cm³/mol. The molecule has 2 N–H and O–H groups in total. The summed E-state index contributed by atoms with van der Waals surface area (Å²) >= 11 is 2.81. The van der Waals surface area contributed by atoms with Gasteiger partial charge in [0.15, 0.2) is 15.9 Å². The Morgan fingerprint density at radius 2 is 2.19 bits per heavy atom. The van der Waals surface area contributed by atoms with Crippen molar-refractivity contribution in [3.63, 3.8) is 0 Å². The third-order valence-electron chi connectivity index (χ3n) is 4.59. The SMILES string of the molecule is CC(=O)c1c(C)[nH]c(C(=O)[C@@H](C)Sc2nnc(NC[C@H]3CCCO3)s2)c1C.